The van der Waals surface area contributed by atoms with Gasteiger partial charge in [-0.05, 0) is 112 Å². The highest BCUT2D eigenvalue weighted by atomic mass is 16.8. The van der Waals surface area contributed by atoms with Crippen LogP contribution in [0.3, 0.4) is 0 Å². The Morgan fingerprint density at radius 3 is 2.24 bits per heavy atom. The number of benzene rings is 4. The minimum atomic E-state index is -1.47. The molecule has 75 heavy (non-hydrogen) atoms. The number of carbonyl (C=O) groups excluding carboxylic acids is 4. The Morgan fingerprint density at radius 1 is 0.853 bits per heavy atom. The normalized spacial score (nSPS) is 31.9. The van der Waals surface area contributed by atoms with Gasteiger partial charge in [0.05, 0.1) is 30.9 Å². The van der Waals surface area contributed by atoms with Gasteiger partial charge in [0.25, 0.3) is 5.91 Å². The molecule has 7 aliphatic rings. The van der Waals surface area contributed by atoms with Crippen LogP contribution >= 0.6 is 0 Å². The van der Waals surface area contributed by atoms with Crippen molar-refractivity contribution in [3.8, 4) is 0 Å². The van der Waals surface area contributed by atoms with Gasteiger partial charge in [-0.15, -0.1) is 0 Å². The summed E-state index contributed by atoms with van der Waals surface area (Å²) in [7, 11) is 0. The van der Waals surface area contributed by atoms with Crippen molar-refractivity contribution in [1.82, 2.24) is 15.7 Å². The molecule has 11 atom stereocenters. The van der Waals surface area contributed by atoms with Crippen molar-refractivity contribution in [3.05, 3.63) is 148 Å². The smallest absolute Gasteiger partial charge is 0.327 e. The molecule has 4 heterocycles. The lowest BCUT2D eigenvalue weighted by Crippen LogP contribution is -2.69. The molecule has 4 aromatic carbocycles. The van der Waals surface area contributed by atoms with E-state index < -0.39 is 77.1 Å². The van der Waals surface area contributed by atoms with Crippen LogP contribution in [-0.4, -0.2) is 94.3 Å². The van der Waals surface area contributed by atoms with Crippen molar-refractivity contribution in [3.63, 3.8) is 0 Å². The van der Waals surface area contributed by atoms with Gasteiger partial charge in [0.2, 0.25) is 11.7 Å². The number of nitrogens with zero attached hydrogens (tertiary/aromatic N) is 1. The Morgan fingerprint density at radius 2 is 1.56 bits per heavy atom. The fourth-order valence-electron chi connectivity index (χ4n) is 13.3. The zero-order valence-electron chi connectivity index (χ0n) is 43.9. The Balaban J connectivity index is 0.860. The maximum absolute atomic E-state index is 15.4. The number of hydrogen-bond acceptors (Lipinski definition) is 12. The lowest BCUT2D eigenvalue weighted by molar-refractivity contribution is -0.213. The van der Waals surface area contributed by atoms with Gasteiger partial charge in [-0.1, -0.05) is 123 Å². The van der Waals surface area contributed by atoms with Crippen LogP contribution < -0.4 is 10.6 Å². The number of ether oxygens (including phenoxy) is 5. The second-order valence-electron chi connectivity index (χ2n) is 24.0. The second-order valence-corrected chi connectivity index (χ2v) is 24.0. The first-order valence-electron chi connectivity index (χ1n) is 27.0. The third kappa shape index (κ3) is 9.76. The summed E-state index contributed by atoms with van der Waals surface area (Å²) in [6, 6.07) is 32.7. The summed E-state index contributed by atoms with van der Waals surface area (Å²) < 4.78 is 32.2. The highest BCUT2D eigenvalue weighted by Gasteiger charge is 2.76. The second kappa shape index (κ2) is 19.7. The number of allylic oxidation sites excluding steroid dienone is 1. The summed E-state index contributed by atoms with van der Waals surface area (Å²) in [4.78, 5) is 63.0. The molecular weight excluding hydrogens is 951 g/mol. The van der Waals surface area contributed by atoms with Gasteiger partial charge in [-0.25, -0.2) is 0 Å². The van der Waals surface area contributed by atoms with Crippen LogP contribution in [0, 0.1) is 22.7 Å². The topological polar surface area (TPSA) is 174 Å². The van der Waals surface area contributed by atoms with Crippen molar-refractivity contribution < 1.29 is 52.8 Å². The number of carbonyl (C=O) groups is 4. The molecule has 2 amide bonds. The van der Waals surface area contributed by atoms with E-state index in [2.05, 4.69) is 61.7 Å². The Hall–Kier alpha value is -5.74. The van der Waals surface area contributed by atoms with E-state index in [1.54, 1.807) is 50.1 Å². The summed E-state index contributed by atoms with van der Waals surface area (Å²) in [5.41, 5.74) is 4.14. The molecule has 0 aromatic heterocycles. The van der Waals surface area contributed by atoms with Crippen molar-refractivity contribution >= 4 is 29.8 Å². The van der Waals surface area contributed by atoms with Crippen molar-refractivity contribution in [2.45, 2.75) is 166 Å². The molecule has 3 N–H and O–H groups in total. The van der Waals surface area contributed by atoms with E-state index in [1.165, 1.54) is 18.4 Å². The molecule has 14 nitrogen and oxygen atoms in total. The quantitative estimate of drug-likeness (QED) is 0.0814. The van der Waals surface area contributed by atoms with Crippen molar-refractivity contribution in [2.24, 2.45) is 22.7 Å². The van der Waals surface area contributed by atoms with E-state index in [0.29, 0.717) is 34.5 Å². The molecule has 11 rings (SSSR count). The van der Waals surface area contributed by atoms with Gasteiger partial charge in [-0.2, -0.15) is 5.06 Å². The zero-order valence-corrected chi connectivity index (χ0v) is 43.9. The molecule has 14 heteroatoms. The molecule has 11 unspecified atom stereocenters. The first-order chi connectivity index (χ1) is 35.9. The maximum Gasteiger partial charge on any atom is 0.327 e. The SMILES string of the molecule is CC(C)(C)OC(=O)CCC(CO)NC(=O)c1cccc(CNC(=O)C23CC4OC(=O)C2N(Cc2ccc(C=C5CCC6OC6(C)CCC6C5CC6(C)C)cc2)OC3C2OC(c3ccccc3)(c3ccccc3)OC42)c1. The first-order valence-corrected chi connectivity index (χ1v) is 27.0. The number of hydroxylamine groups is 2. The van der Waals surface area contributed by atoms with E-state index in [0.717, 1.165) is 41.5 Å². The monoisotopic (exact) mass is 1020 g/mol. The van der Waals surface area contributed by atoms with Crippen LogP contribution in [-0.2, 0) is 61.8 Å². The van der Waals surface area contributed by atoms with Crippen LogP contribution in [0.25, 0.3) is 6.08 Å². The number of epoxide rings is 1. The molecule has 3 saturated carbocycles. The molecule has 4 aromatic rings. The summed E-state index contributed by atoms with van der Waals surface area (Å²) in [6.45, 7) is 12.3. The third-order valence-electron chi connectivity index (χ3n) is 17.3. The highest BCUT2D eigenvalue weighted by molar-refractivity contribution is 5.95. The standard InChI is InChI=1S/C61H71N3O11/c1-57(2,3)72-49(66)27-25-44(36-65)63-54(67)41-15-13-14-39(31-41)34-62-56(69)60-33-47-50-51(74-61(73-50,42-16-9-7-10-17-42)43-18-11-8-12-19-43)53(60)75-64(52(60)55(68)70-47)35-38-22-20-37(21-23-38)30-40-24-26-48-59(6,71-48)29-28-46-45(40)32-58(46,4)5/h7-23,30-31,44-48,50-53,65H,24-29,32-36H2,1-6H3,(H,62,69)(H,63,67). The lowest BCUT2D eigenvalue weighted by atomic mass is 9.52. The van der Waals surface area contributed by atoms with Crippen molar-refractivity contribution in [1.29, 1.82) is 0 Å². The lowest BCUT2D eigenvalue weighted by Gasteiger charge is -2.53. The van der Waals surface area contributed by atoms with Crippen LogP contribution in [0.15, 0.2) is 115 Å². The van der Waals surface area contributed by atoms with E-state index in [9.17, 15) is 19.5 Å². The number of rotatable bonds is 14. The Labute approximate surface area is 439 Å². The van der Waals surface area contributed by atoms with Crippen LogP contribution in [0.5, 0.6) is 0 Å². The zero-order chi connectivity index (χ0) is 52.5. The highest BCUT2D eigenvalue weighted by Crippen LogP contribution is 2.61. The first kappa shape index (κ1) is 51.4. The van der Waals surface area contributed by atoms with Gasteiger partial charge in [0.1, 0.15) is 35.4 Å². The summed E-state index contributed by atoms with van der Waals surface area (Å²) >= 11 is 0. The number of fused-ring (bicyclic) bond motifs is 6. The van der Waals surface area contributed by atoms with Gasteiger partial charge >= 0.3 is 11.9 Å². The van der Waals surface area contributed by atoms with Gasteiger partial charge in [0.15, 0.2) is 6.04 Å². The molecule has 0 radical (unpaired) electrons. The molecule has 396 valence electrons. The minimum absolute atomic E-state index is 0.0177. The van der Waals surface area contributed by atoms with E-state index in [4.69, 9.17) is 28.5 Å². The number of nitrogens with one attached hydrogen (secondary N) is 2. The average Bonchev–Trinajstić information content (AvgIpc) is 3.74. The molecule has 7 fully saturated rings. The Bertz CT molecular complexity index is 2790. The minimum Gasteiger partial charge on any atom is -0.460 e. The van der Waals surface area contributed by atoms with E-state index >= 15 is 4.79 Å². The van der Waals surface area contributed by atoms with Crippen molar-refractivity contribution in [2.75, 3.05) is 6.61 Å². The largest absolute Gasteiger partial charge is 0.460 e. The number of aliphatic hydroxyl groups excluding tert-OH is 1. The molecule has 2 bridgehead atoms. The number of hydrogen-bond donors (Lipinski definition) is 3. The maximum atomic E-state index is 15.4. The van der Waals surface area contributed by atoms with Gasteiger partial charge < -0.3 is 39.4 Å². The van der Waals surface area contributed by atoms with Crippen LogP contribution in [0.4, 0.5) is 0 Å². The molecular formula is C61H71N3O11. The summed E-state index contributed by atoms with van der Waals surface area (Å²) in [5, 5.41) is 17.7. The summed E-state index contributed by atoms with van der Waals surface area (Å²) in [6.07, 6.45) is 5.13. The fourth-order valence-corrected chi connectivity index (χ4v) is 13.3. The molecule has 0 spiro atoms. The van der Waals surface area contributed by atoms with Gasteiger partial charge in [-0.3, -0.25) is 24.0 Å². The fraction of sp³-hybridized carbons (Fsp3) is 0.508. The van der Waals surface area contributed by atoms with Crippen LogP contribution in [0.1, 0.15) is 131 Å². The third-order valence-corrected chi connectivity index (χ3v) is 17.3. The number of amides is 2. The predicted molar refractivity (Wildman–Crippen MR) is 278 cm³/mol. The van der Waals surface area contributed by atoms with Crippen LogP contribution in [0.2, 0.25) is 0 Å². The van der Waals surface area contributed by atoms with E-state index in [-0.39, 0.29) is 44.6 Å². The number of esters is 2. The Kier molecular flexibility index (Phi) is 13.5. The molecule has 4 saturated heterocycles. The van der Waals surface area contributed by atoms with E-state index in [1.807, 2.05) is 60.7 Å². The van der Waals surface area contributed by atoms with Gasteiger partial charge in [0, 0.05) is 36.1 Å². The summed E-state index contributed by atoms with van der Waals surface area (Å²) in [5.74, 6) is -2.07. The number of aliphatic hydroxyl groups is 1. The molecule has 4 aliphatic heterocycles. The predicted octanol–water partition coefficient (Wildman–Crippen LogP) is 8.48. The molecule has 3 aliphatic carbocycles. The average molecular weight is 1020 g/mol.